The van der Waals surface area contributed by atoms with Gasteiger partial charge in [-0.25, -0.2) is 0 Å². The first-order valence-corrected chi connectivity index (χ1v) is 9.77. The van der Waals surface area contributed by atoms with Crippen LogP contribution in [-0.2, 0) is 0 Å². The highest BCUT2D eigenvalue weighted by Crippen LogP contribution is 2.37. The van der Waals surface area contributed by atoms with Crippen LogP contribution in [0.25, 0.3) is 34.1 Å². The summed E-state index contributed by atoms with van der Waals surface area (Å²) in [6, 6.07) is 14.5. The van der Waals surface area contributed by atoms with E-state index in [0.717, 1.165) is 35.2 Å². The average molecular weight is 371 g/mol. The van der Waals surface area contributed by atoms with Gasteiger partial charge in [0.05, 0.1) is 29.1 Å². The van der Waals surface area contributed by atoms with E-state index in [9.17, 15) is 0 Å². The Labute approximate surface area is 163 Å². The van der Waals surface area contributed by atoms with Crippen LogP contribution in [0.1, 0.15) is 38.1 Å². The van der Waals surface area contributed by atoms with E-state index in [1.807, 2.05) is 24.4 Å². The van der Waals surface area contributed by atoms with Crippen LogP contribution < -0.4 is 0 Å². The van der Waals surface area contributed by atoms with Crippen LogP contribution in [0, 0.1) is 0 Å². The van der Waals surface area contributed by atoms with Crippen LogP contribution in [0.4, 0.5) is 0 Å². The molecule has 0 aliphatic heterocycles. The Bertz CT molecular complexity index is 1050. The fourth-order valence-electron chi connectivity index (χ4n) is 3.95. The second kappa shape index (κ2) is 7.38. The summed E-state index contributed by atoms with van der Waals surface area (Å²) in [6.45, 7) is 0. The lowest BCUT2D eigenvalue weighted by Crippen LogP contribution is -2.15. The van der Waals surface area contributed by atoms with Crippen molar-refractivity contribution >= 4 is 0 Å². The van der Waals surface area contributed by atoms with Crippen LogP contribution in [0.15, 0.2) is 65.6 Å². The monoisotopic (exact) mass is 371 g/mol. The molecule has 0 radical (unpaired) electrons. The molecule has 1 aliphatic rings. The van der Waals surface area contributed by atoms with Gasteiger partial charge in [-0.1, -0.05) is 54.8 Å². The number of hydrogen-bond donors (Lipinski definition) is 0. The van der Waals surface area contributed by atoms with Crippen LogP contribution in [0.5, 0.6) is 0 Å². The molecule has 6 nitrogen and oxygen atoms in total. The minimum Gasteiger partial charge on any atom is -0.334 e. The minimum absolute atomic E-state index is 0.419. The molecule has 0 spiro atoms. The van der Waals surface area contributed by atoms with E-state index in [1.165, 1.54) is 19.3 Å². The highest BCUT2D eigenvalue weighted by atomic mass is 16.5. The van der Waals surface area contributed by atoms with Crippen molar-refractivity contribution in [3.63, 3.8) is 0 Å². The van der Waals surface area contributed by atoms with Gasteiger partial charge >= 0.3 is 0 Å². The number of rotatable bonds is 4. The Morgan fingerprint density at radius 3 is 2.50 bits per heavy atom. The van der Waals surface area contributed by atoms with E-state index in [1.54, 1.807) is 12.4 Å². The molecule has 0 N–H and O–H groups in total. The van der Waals surface area contributed by atoms with Crippen molar-refractivity contribution in [2.24, 2.45) is 0 Å². The van der Waals surface area contributed by atoms with Crippen LogP contribution in [0.2, 0.25) is 0 Å². The van der Waals surface area contributed by atoms with Crippen molar-refractivity contribution < 1.29 is 4.52 Å². The first kappa shape index (κ1) is 16.9. The number of aromatic nitrogens is 5. The van der Waals surface area contributed by atoms with Gasteiger partial charge in [0.2, 0.25) is 5.82 Å². The zero-order valence-electron chi connectivity index (χ0n) is 15.5. The van der Waals surface area contributed by atoms with Crippen molar-refractivity contribution in [2.75, 3.05) is 0 Å². The summed E-state index contributed by atoms with van der Waals surface area (Å²) in [6.07, 6.45) is 11.5. The number of pyridine rings is 1. The summed E-state index contributed by atoms with van der Waals surface area (Å²) in [4.78, 5) is 8.75. The van der Waals surface area contributed by atoms with Crippen molar-refractivity contribution in [3.8, 4) is 34.1 Å². The molecular weight excluding hydrogens is 350 g/mol. The normalized spacial score (nSPS) is 15.0. The van der Waals surface area contributed by atoms with Crippen molar-refractivity contribution in [3.05, 3.63) is 61.1 Å². The molecule has 0 amide bonds. The predicted molar refractivity (Wildman–Crippen MR) is 106 cm³/mol. The second-order valence-corrected chi connectivity index (χ2v) is 7.17. The summed E-state index contributed by atoms with van der Waals surface area (Å²) in [7, 11) is 0. The van der Waals surface area contributed by atoms with Crippen molar-refractivity contribution in [2.45, 2.75) is 38.1 Å². The third-order valence-corrected chi connectivity index (χ3v) is 5.34. The molecule has 4 aromatic rings. The maximum absolute atomic E-state index is 5.51. The van der Waals surface area contributed by atoms with E-state index >= 15 is 0 Å². The number of hydrogen-bond acceptors (Lipinski definition) is 5. The third kappa shape index (κ3) is 3.11. The molecule has 1 aliphatic carbocycles. The average Bonchev–Trinajstić information content (AvgIpc) is 3.43. The van der Waals surface area contributed by atoms with E-state index in [0.29, 0.717) is 17.8 Å². The molecule has 0 unspecified atom stereocenters. The van der Waals surface area contributed by atoms with Crippen LogP contribution in [0.3, 0.4) is 0 Å². The molecule has 140 valence electrons. The molecule has 6 heteroatoms. The Morgan fingerprint density at radius 1 is 0.893 bits per heavy atom. The van der Waals surface area contributed by atoms with Gasteiger partial charge in [0.15, 0.2) is 0 Å². The van der Waals surface area contributed by atoms with Crippen LogP contribution in [-0.4, -0.2) is 24.9 Å². The standard InChI is InChI=1S/C22H21N5O/c1-3-8-16(9-4-1)20-19(15-24-27(20)18-11-5-2-6-12-18)21-25-22(28-26-21)17-10-7-13-23-14-17/h1,3-4,7-10,13-15,18H,2,5-6,11-12H2. The Balaban J connectivity index is 1.60. The topological polar surface area (TPSA) is 69.6 Å². The summed E-state index contributed by atoms with van der Waals surface area (Å²) < 4.78 is 7.68. The SMILES string of the molecule is c1ccc(-c2c(-c3noc(-c4cccnc4)n3)cnn2C2CCCCC2)cc1. The molecule has 5 rings (SSSR count). The first-order chi connectivity index (χ1) is 13.9. The van der Waals surface area contributed by atoms with Gasteiger partial charge in [0.1, 0.15) is 0 Å². The first-order valence-electron chi connectivity index (χ1n) is 9.77. The number of benzene rings is 1. The Morgan fingerprint density at radius 2 is 1.71 bits per heavy atom. The van der Waals surface area contributed by atoms with Gasteiger partial charge in [0, 0.05) is 18.0 Å². The van der Waals surface area contributed by atoms with Gasteiger partial charge < -0.3 is 4.52 Å². The molecule has 28 heavy (non-hydrogen) atoms. The molecule has 0 saturated heterocycles. The van der Waals surface area contributed by atoms with Gasteiger partial charge in [0.25, 0.3) is 5.89 Å². The van der Waals surface area contributed by atoms with Gasteiger partial charge in [-0.15, -0.1) is 0 Å². The lowest BCUT2D eigenvalue weighted by Gasteiger charge is -2.24. The molecule has 0 atom stereocenters. The smallest absolute Gasteiger partial charge is 0.259 e. The predicted octanol–water partition coefficient (Wildman–Crippen LogP) is 5.17. The maximum Gasteiger partial charge on any atom is 0.259 e. The zero-order chi connectivity index (χ0) is 18.8. The molecule has 3 heterocycles. The quantitative estimate of drug-likeness (QED) is 0.495. The Hall–Kier alpha value is -3.28. The summed E-state index contributed by atoms with van der Waals surface area (Å²) in [5.74, 6) is 1.02. The highest BCUT2D eigenvalue weighted by Gasteiger charge is 2.25. The zero-order valence-corrected chi connectivity index (χ0v) is 15.5. The van der Waals surface area contributed by atoms with Crippen molar-refractivity contribution in [1.82, 2.24) is 24.9 Å². The lowest BCUT2D eigenvalue weighted by molar-refractivity contribution is 0.332. The van der Waals surface area contributed by atoms with Gasteiger partial charge in [-0.3, -0.25) is 9.67 Å². The molecular formula is C22H21N5O. The fraction of sp³-hybridized carbons (Fsp3) is 0.273. The Kier molecular flexibility index (Phi) is 4.45. The summed E-state index contributed by atoms with van der Waals surface area (Å²) in [5.41, 5.74) is 3.89. The maximum atomic E-state index is 5.51. The largest absolute Gasteiger partial charge is 0.334 e. The van der Waals surface area contributed by atoms with Gasteiger partial charge in [-0.05, 0) is 25.0 Å². The molecule has 0 bridgehead atoms. The van der Waals surface area contributed by atoms with Crippen molar-refractivity contribution in [1.29, 1.82) is 0 Å². The van der Waals surface area contributed by atoms with Gasteiger partial charge in [-0.2, -0.15) is 10.1 Å². The van der Waals surface area contributed by atoms with E-state index in [4.69, 9.17) is 9.62 Å². The lowest BCUT2D eigenvalue weighted by atomic mass is 9.95. The summed E-state index contributed by atoms with van der Waals surface area (Å²) in [5, 5.41) is 9.00. The highest BCUT2D eigenvalue weighted by molar-refractivity contribution is 5.78. The molecule has 3 aromatic heterocycles. The minimum atomic E-state index is 0.419. The summed E-state index contributed by atoms with van der Waals surface area (Å²) >= 11 is 0. The van der Waals surface area contributed by atoms with E-state index < -0.39 is 0 Å². The number of nitrogens with zero attached hydrogens (tertiary/aromatic N) is 5. The van der Waals surface area contributed by atoms with E-state index in [-0.39, 0.29) is 0 Å². The molecule has 1 fully saturated rings. The van der Waals surface area contributed by atoms with E-state index in [2.05, 4.69) is 44.1 Å². The third-order valence-electron chi connectivity index (χ3n) is 5.34. The fourth-order valence-corrected chi connectivity index (χ4v) is 3.95. The van der Waals surface area contributed by atoms with Crippen LogP contribution >= 0.6 is 0 Å². The molecule has 1 saturated carbocycles. The molecule has 1 aromatic carbocycles. The second-order valence-electron chi connectivity index (χ2n) is 7.17.